The quantitative estimate of drug-likeness (QED) is 0.698. The molecule has 1 aliphatic heterocycles. The number of morpholine rings is 1. The molecular weight excluding hydrogens is 366 g/mol. The summed E-state index contributed by atoms with van der Waals surface area (Å²) in [5.74, 6) is 1.61. The maximum Gasteiger partial charge on any atom is 0.251 e. The van der Waals surface area contributed by atoms with Gasteiger partial charge in [0, 0.05) is 43.0 Å². The maximum absolute atomic E-state index is 5.93. The van der Waals surface area contributed by atoms with Gasteiger partial charge in [0.25, 0.3) is 5.89 Å². The number of benzene rings is 1. The predicted octanol–water partition coefficient (Wildman–Crippen LogP) is 3.20. The first-order chi connectivity index (χ1) is 13.3. The molecular formula is C19H20ClN5O2. The topological polar surface area (TPSA) is 76.3 Å². The Labute approximate surface area is 162 Å². The summed E-state index contributed by atoms with van der Waals surface area (Å²) in [5.41, 5.74) is 1.61. The average Bonchev–Trinajstić information content (AvgIpc) is 3.20. The van der Waals surface area contributed by atoms with Crippen molar-refractivity contribution in [3.8, 4) is 22.9 Å². The lowest BCUT2D eigenvalue weighted by Crippen LogP contribution is -2.39. The molecule has 1 aromatic carbocycles. The Hall–Kier alpha value is -2.48. The van der Waals surface area contributed by atoms with Crippen LogP contribution in [0.1, 0.15) is 0 Å². The van der Waals surface area contributed by atoms with Gasteiger partial charge in [0.05, 0.1) is 18.8 Å². The van der Waals surface area contributed by atoms with Crippen LogP contribution in [0.4, 0.5) is 5.82 Å². The van der Waals surface area contributed by atoms with Gasteiger partial charge in [-0.2, -0.15) is 0 Å². The van der Waals surface area contributed by atoms with Crippen LogP contribution in [0.15, 0.2) is 47.0 Å². The van der Waals surface area contributed by atoms with Crippen LogP contribution in [-0.4, -0.2) is 59.5 Å². The van der Waals surface area contributed by atoms with Crippen molar-refractivity contribution < 1.29 is 9.15 Å². The summed E-state index contributed by atoms with van der Waals surface area (Å²) < 4.78 is 11.2. The monoisotopic (exact) mass is 385 g/mol. The minimum absolute atomic E-state index is 0.432. The number of hydrogen-bond acceptors (Lipinski definition) is 7. The molecule has 0 unspecified atom stereocenters. The zero-order valence-electron chi connectivity index (χ0n) is 14.8. The molecule has 1 saturated heterocycles. The van der Waals surface area contributed by atoms with E-state index in [4.69, 9.17) is 20.8 Å². The second-order valence-corrected chi connectivity index (χ2v) is 6.64. The van der Waals surface area contributed by atoms with Crippen LogP contribution in [0.2, 0.25) is 5.02 Å². The van der Waals surface area contributed by atoms with Crippen LogP contribution < -0.4 is 5.32 Å². The van der Waals surface area contributed by atoms with Crippen LogP contribution in [0.5, 0.6) is 0 Å². The summed E-state index contributed by atoms with van der Waals surface area (Å²) in [6, 6.07) is 11.1. The van der Waals surface area contributed by atoms with E-state index in [2.05, 4.69) is 25.4 Å². The lowest BCUT2D eigenvalue weighted by Gasteiger charge is -2.26. The van der Waals surface area contributed by atoms with Crippen molar-refractivity contribution in [3.05, 3.63) is 47.6 Å². The molecule has 0 saturated carbocycles. The second-order valence-electron chi connectivity index (χ2n) is 6.20. The summed E-state index contributed by atoms with van der Waals surface area (Å²) in [4.78, 5) is 6.80. The summed E-state index contributed by atoms with van der Waals surface area (Å²) in [6.07, 6.45) is 1.75. The van der Waals surface area contributed by atoms with Crippen LogP contribution >= 0.6 is 11.6 Å². The van der Waals surface area contributed by atoms with Crippen LogP contribution in [0.25, 0.3) is 22.9 Å². The smallest absolute Gasteiger partial charge is 0.251 e. The number of pyridine rings is 1. The summed E-state index contributed by atoms with van der Waals surface area (Å²) in [6.45, 7) is 5.23. The van der Waals surface area contributed by atoms with Gasteiger partial charge in [-0.15, -0.1) is 10.2 Å². The summed E-state index contributed by atoms with van der Waals surface area (Å²) >= 11 is 5.93. The molecule has 0 spiro atoms. The van der Waals surface area contributed by atoms with Gasteiger partial charge in [-0.05, 0) is 36.4 Å². The minimum Gasteiger partial charge on any atom is -0.416 e. The fourth-order valence-electron chi connectivity index (χ4n) is 2.92. The highest BCUT2D eigenvalue weighted by Gasteiger charge is 2.15. The molecule has 8 heteroatoms. The highest BCUT2D eigenvalue weighted by Crippen LogP contribution is 2.28. The van der Waals surface area contributed by atoms with Gasteiger partial charge in [0.2, 0.25) is 5.89 Å². The number of anilines is 1. The van der Waals surface area contributed by atoms with E-state index in [0.29, 0.717) is 16.8 Å². The number of nitrogens with zero attached hydrogens (tertiary/aromatic N) is 4. The molecule has 1 aliphatic rings. The van der Waals surface area contributed by atoms with E-state index in [1.165, 1.54) is 0 Å². The zero-order chi connectivity index (χ0) is 18.5. The van der Waals surface area contributed by atoms with Crippen LogP contribution in [0.3, 0.4) is 0 Å². The number of aromatic nitrogens is 3. The molecule has 4 rings (SSSR count). The molecule has 1 fully saturated rings. The standard InChI is InChI=1S/C19H20ClN5O2/c20-15-5-3-14(4-6-15)18-23-24-19(27-18)16-2-1-7-21-17(16)22-8-9-25-10-12-26-13-11-25/h1-7H,8-13H2,(H,21,22). The Kier molecular flexibility index (Phi) is 5.62. The van der Waals surface area contributed by atoms with E-state index >= 15 is 0 Å². The minimum atomic E-state index is 0.432. The van der Waals surface area contributed by atoms with E-state index in [0.717, 1.165) is 56.3 Å². The van der Waals surface area contributed by atoms with Crippen molar-refractivity contribution in [3.63, 3.8) is 0 Å². The van der Waals surface area contributed by atoms with Gasteiger partial charge in [-0.1, -0.05) is 11.6 Å². The van der Waals surface area contributed by atoms with Gasteiger partial charge in [-0.25, -0.2) is 4.98 Å². The molecule has 0 amide bonds. The summed E-state index contributed by atoms with van der Waals surface area (Å²) in [7, 11) is 0. The van der Waals surface area contributed by atoms with Crippen LogP contribution in [0, 0.1) is 0 Å². The molecule has 0 radical (unpaired) electrons. The number of rotatable bonds is 6. The molecule has 3 aromatic rings. The number of halogens is 1. The maximum atomic E-state index is 5.93. The van der Waals surface area contributed by atoms with E-state index < -0.39 is 0 Å². The fourth-order valence-corrected chi connectivity index (χ4v) is 3.04. The molecule has 2 aromatic heterocycles. The highest BCUT2D eigenvalue weighted by atomic mass is 35.5. The highest BCUT2D eigenvalue weighted by molar-refractivity contribution is 6.30. The van der Waals surface area contributed by atoms with Crippen molar-refractivity contribution in [1.29, 1.82) is 0 Å². The number of hydrogen-bond donors (Lipinski definition) is 1. The Morgan fingerprint density at radius 2 is 1.81 bits per heavy atom. The first kappa shape index (κ1) is 17.9. The average molecular weight is 386 g/mol. The lowest BCUT2D eigenvalue weighted by molar-refractivity contribution is 0.0398. The van der Waals surface area contributed by atoms with Gasteiger partial charge in [0.1, 0.15) is 5.82 Å². The van der Waals surface area contributed by atoms with E-state index in [1.54, 1.807) is 18.3 Å². The third kappa shape index (κ3) is 4.44. The predicted molar refractivity (Wildman–Crippen MR) is 104 cm³/mol. The zero-order valence-corrected chi connectivity index (χ0v) is 15.5. The molecule has 0 atom stereocenters. The largest absolute Gasteiger partial charge is 0.416 e. The number of nitrogens with one attached hydrogen (secondary N) is 1. The van der Waals surface area contributed by atoms with E-state index in [9.17, 15) is 0 Å². The third-order valence-corrected chi connectivity index (χ3v) is 4.63. The fraction of sp³-hybridized carbons (Fsp3) is 0.316. The van der Waals surface area contributed by atoms with E-state index in [-0.39, 0.29) is 0 Å². The Balaban J connectivity index is 1.46. The van der Waals surface area contributed by atoms with Crippen molar-refractivity contribution in [2.24, 2.45) is 0 Å². The first-order valence-corrected chi connectivity index (χ1v) is 9.26. The molecule has 0 bridgehead atoms. The lowest BCUT2D eigenvalue weighted by atomic mass is 10.2. The van der Waals surface area contributed by atoms with Crippen LogP contribution in [-0.2, 0) is 4.74 Å². The van der Waals surface area contributed by atoms with Gasteiger partial charge < -0.3 is 14.5 Å². The van der Waals surface area contributed by atoms with Gasteiger partial charge in [-0.3, -0.25) is 4.90 Å². The number of ether oxygens (including phenoxy) is 1. The Morgan fingerprint density at radius 3 is 2.63 bits per heavy atom. The van der Waals surface area contributed by atoms with Crippen molar-refractivity contribution in [1.82, 2.24) is 20.1 Å². The van der Waals surface area contributed by atoms with Gasteiger partial charge in [0.15, 0.2) is 0 Å². The summed E-state index contributed by atoms with van der Waals surface area (Å²) in [5, 5.41) is 12.4. The van der Waals surface area contributed by atoms with Gasteiger partial charge >= 0.3 is 0 Å². The van der Waals surface area contributed by atoms with Crippen molar-refractivity contribution in [2.75, 3.05) is 44.7 Å². The van der Waals surface area contributed by atoms with Crippen molar-refractivity contribution >= 4 is 17.4 Å². The molecule has 3 heterocycles. The Bertz CT molecular complexity index is 878. The molecule has 140 valence electrons. The molecule has 0 aliphatic carbocycles. The molecule has 27 heavy (non-hydrogen) atoms. The second kappa shape index (κ2) is 8.47. The molecule has 1 N–H and O–H groups in total. The normalized spacial score (nSPS) is 15.0. The third-order valence-electron chi connectivity index (χ3n) is 4.38. The Morgan fingerprint density at radius 1 is 1.04 bits per heavy atom. The SMILES string of the molecule is Clc1ccc(-c2nnc(-c3cccnc3NCCN3CCOCC3)o2)cc1. The molecule has 7 nitrogen and oxygen atoms in total. The first-order valence-electron chi connectivity index (χ1n) is 8.88. The van der Waals surface area contributed by atoms with Crippen molar-refractivity contribution in [2.45, 2.75) is 0 Å². The van der Waals surface area contributed by atoms with E-state index in [1.807, 2.05) is 24.3 Å².